The molecule has 3 aliphatic carbocycles. The van der Waals surface area contributed by atoms with E-state index in [2.05, 4.69) is 84.8 Å². The van der Waals surface area contributed by atoms with Crippen molar-refractivity contribution in [3.63, 3.8) is 0 Å². The Morgan fingerprint density at radius 1 is 0.779 bits per heavy atom. The number of likely N-dealkylation sites (tertiary alicyclic amines) is 3. The molecule has 1 aromatic carbocycles. The van der Waals surface area contributed by atoms with Crippen LogP contribution in [0, 0.1) is 17.3 Å². The first-order chi connectivity index (χ1) is 37.3. The Balaban J connectivity index is 0.663. The summed E-state index contributed by atoms with van der Waals surface area (Å²) in [5, 5.41) is 6.16. The molecule has 5 saturated heterocycles. The molecule has 16 heteroatoms. The molecule has 3 saturated carbocycles. The number of nitrogens with one attached hydrogen (secondary N) is 2. The average Bonchev–Trinajstić information content (AvgIpc) is 4.16. The highest BCUT2D eigenvalue weighted by atomic mass is 16.2. The van der Waals surface area contributed by atoms with Gasteiger partial charge in [0.2, 0.25) is 30.0 Å². The number of carbonyl (C=O) groups excluding carboxylic acids is 5. The number of fused-ring (bicyclic) bond motifs is 1. The first kappa shape index (κ1) is 51.8. The van der Waals surface area contributed by atoms with Crippen LogP contribution >= 0.6 is 0 Å². The van der Waals surface area contributed by atoms with Crippen molar-refractivity contribution in [2.24, 2.45) is 17.3 Å². The van der Waals surface area contributed by atoms with Gasteiger partial charge in [-0.05, 0) is 176 Å². The van der Waals surface area contributed by atoms with Crippen molar-refractivity contribution in [2.45, 2.75) is 178 Å². The van der Waals surface area contributed by atoms with Gasteiger partial charge in [-0.15, -0.1) is 0 Å². The van der Waals surface area contributed by atoms with Crippen LogP contribution in [0.15, 0.2) is 48.9 Å². The van der Waals surface area contributed by atoms with Gasteiger partial charge >= 0.3 is 0 Å². The van der Waals surface area contributed by atoms with Crippen LogP contribution in [0.1, 0.15) is 166 Å². The summed E-state index contributed by atoms with van der Waals surface area (Å²) < 4.78 is 2.20. The summed E-state index contributed by atoms with van der Waals surface area (Å²) in [4.78, 5) is 91.8. The molecule has 1 atom stereocenters. The van der Waals surface area contributed by atoms with Gasteiger partial charge in [0.05, 0.1) is 23.5 Å². The molecular formula is C61H81N11O5. The number of anilines is 3. The van der Waals surface area contributed by atoms with E-state index >= 15 is 0 Å². The summed E-state index contributed by atoms with van der Waals surface area (Å²) in [7, 11) is 0. The summed E-state index contributed by atoms with van der Waals surface area (Å²) in [5.41, 5.74) is 6.77. The van der Waals surface area contributed by atoms with Gasteiger partial charge in [-0.3, -0.25) is 29.3 Å². The fraction of sp³-hybridized carbons (Fsp3) is 0.639. The molecule has 410 valence electrons. The van der Waals surface area contributed by atoms with E-state index < -0.39 is 0 Å². The second kappa shape index (κ2) is 21.4. The van der Waals surface area contributed by atoms with Gasteiger partial charge in [-0.25, -0.2) is 15.0 Å². The number of hydrogen-bond acceptors (Lipinski definition) is 11. The largest absolute Gasteiger partial charge is 0.366 e. The number of hydrogen-bond donors (Lipinski definition) is 2. The van der Waals surface area contributed by atoms with Gasteiger partial charge < -0.3 is 34.4 Å². The zero-order chi connectivity index (χ0) is 53.0. The van der Waals surface area contributed by atoms with Crippen LogP contribution in [0.4, 0.5) is 17.3 Å². The highest BCUT2D eigenvalue weighted by Gasteiger charge is 2.45. The van der Waals surface area contributed by atoms with E-state index in [9.17, 15) is 24.0 Å². The summed E-state index contributed by atoms with van der Waals surface area (Å²) in [6.45, 7) is 13.5. The van der Waals surface area contributed by atoms with Gasteiger partial charge in [0.1, 0.15) is 11.3 Å². The predicted octanol–water partition coefficient (Wildman–Crippen LogP) is 8.74. The van der Waals surface area contributed by atoms with E-state index in [-0.39, 0.29) is 58.4 Å². The van der Waals surface area contributed by atoms with E-state index in [0.717, 1.165) is 181 Å². The molecule has 5 aliphatic heterocycles. The molecule has 8 fully saturated rings. The fourth-order valence-corrected chi connectivity index (χ4v) is 14.6. The third-order valence-corrected chi connectivity index (χ3v) is 20.0. The van der Waals surface area contributed by atoms with Crippen molar-refractivity contribution in [1.29, 1.82) is 0 Å². The summed E-state index contributed by atoms with van der Waals surface area (Å²) >= 11 is 0. The third kappa shape index (κ3) is 10.5. The molecule has 12 rings (SSSR count). The highest BCUT2D eigenvalue weighted by Crippen LogP contribution is 2.49. The Kier molecular flexibility index (Phi) is 14.4. The number of imide groups is 1. The lowest BCUT2D eigenvalue weighted by Crippen LogP contribution is -2.55. The number of imidazole rings is 1. The quantitative estimate of drug-likeness (QED) is 0.0970. The molecular weight excluding hydrogens is 967 g/mol. The minimum atomic E-state index is -0.349. The van der Waals surface area contributed by atoms with Crippen LogP contribution in [-0.4, -0.2) is 135 Å². The van der Waals surface area contributed by atoms with Crippen LogP contribution < -0.4 is 20.4 Å². The number of amides is 5. The lowest BCUT2D eigenvalue weighted by atomic mass is 9.65. The summed E-state index contributed by atoms with van der Waals surface area (Å²) in [6, 6.07) is 14.0. The monoisotopic (exact) mass is 1050 g/mol. The molecule has 2 N–H and O–H groups in total. The number of benzene rings is 1. The molecule has 4 aromatic rings. The Bertz CT molecular complexity index is 2830. The minimum absolute atomic E-state index is 0.0135. The van der Waals surface area contributed by atoms with Crippen LogP contribution in [0.2, 0.25) is 0 Å². The first-order valence-corrected chi connectivity index (χ1v) is 29.7. The maximum absolute atomic E-state index is 14.4. The smallest absolute Gasteiger partial charge is 0.234 e. The number of piperidine rings is 5. The van der Waals surface area contributed by atoms with Crippen molar-refractivity contribution in [1.82, 2.24) is 39.5 Å². The average molecular weight is 1050 g/mol. The van der Waals surface area contributed by atoms with Crippen molar-refractivity contribution < 1.29 is 24.0 Å². The number of pyridine rings is 2. The lowest BCUT2D eigenvalue weighted by molar-refractivity contribution is -0.141. The molecule has 1 spiro atoms. The Hall–Kier alpha value is -5.90. The second-order valence-electron chi connectivity index (χ2n) is 25.2. The van der Waals surface area contributed by atoms with E-state index in [0.29, 0.717) is 43.9 Å². The number of aromatic nitrogens is 4. The highest BCUT2D eigenvalue weighted by molar-refractivity contribution is 6.01. The molecule has 1 unspecified atom stereocenters. The van der Waals surface area contributed by atoms with Gasteiger partial charge in [0.15, 0.2) is 5.82 Å². The number of rotatable bonds is 13. The van der Waals surface area contributed by atoms with Gasteiger partial charge in [-0.2, -0.15) is 0 Å². The van der Waals surface area contributed by atoms with E-state index in [4.69, 9.17) is 9.97 Å². The molecule has 0 bridgehead atoms. The van der Waals surface area contributed by atoms with Crippen LogP contribution in [0.3, 0.4) is 0 Å². The van der Waals surface area contributed by atoms with E-state index in [1.165, 1.54) is 24.8 Å². The molecule has 77 heavy (non-hydrogen) atoms. The SMILES string of the molecule is CC(C)n1cnc2cc(-c3ccc(C4(C)CCN(C(=O)C5CCC6(CC5)CCN(C(=O)C5CCN(c7ccc(C8CCC(=O)NC8=O)cn7)CC5)CC6)CC4)c(N(C=O)C4CC(N5CCCCC5)C4)c3)nc(NC3CC3)c21. The van der Waals surface area contributed by atoms with Gasteiger partial charge in [0, 0.05) is 99.1 Å². The molecule has 0 radical (unpaired) electrons. The van der Waals surface area contributed by atoms with Crippen molar-refractivity contribution in [2.75, 3.05) is 67.5 Å². The normalized spacial score (nSPS) is 25.5. The topological polar surface area (TPSA) is 169 Å². The van der Waals surface area contributed by atoms with Crippen molar-refractivity contribution >= 4 is 58.4 Å². The standard InChI is InChI=1S/C61H81N11O5/c1-40(2)71-38-63-51-36-50(65-56(55(51)71)64-45-9-10-45)43-7-12-49(52(33-43)72(39-73)47-34-46(35-47)67-25-5-4-6-26-67)60(3)21-29-69(30-22-60)58(76)41-15-19-61(20-16-41)23-31-70(32-24-61)59(77)42-17-27-68(28-18-42)53-13-8-44(37-62-53)48-11-14-54(74)66-57(48)75/h7-8,12-13,33,36-42,45-48H,4-6,9-11,14-32,34-35H2,1-3H3,(H,64,65)(H,66,74,75). The van der Waals surface area contributed by atoms with Crippen molar-refractivity contribution in [3.8, 4) is 11.3 Å². The fourth-order valence-electron chi connectivity index (χ4n) is 14.6. The minimum Gasteiger partial charge on any atom is -0.366 e. The Morgan fingerprint density at radius 2 is 1.47 bits per heavy atom. The maximum atomic E-state index is 14.4. The zero-order valence-electron chi connectivity index (χ0n) is 45.9. The third-order valence-electron chi connectivity index (χ3n) is 20.0. The summed E-state index contributed by atoms with van der Waals surface area (Å²) in [6.07, 6.45) is 22.9. The van der Waals surface area contributed by atoms with Crippen molar-refractivity contribution in [3.05, 3.63) is 60.0 Å². The summed E-state index contributed by atoms with van der Waals surface area (Å²) in [5.74, 6) is 1.56. The van der Waals surface area contributed by atoms with E-state index in [1.807, 2.05) is 23.4 Å². The Labute approximate surface area is 454 Å². The van der Waals surface area contributed by atoms with Gasteiger partial charge in [0.25, 0.3) is 0 Å². The predicted molar refractivity (Wildman–Crippen MR) is 298 cm³/mol. The molecule has 5 amide bonds. The van der Waals surface area contributed by atoms with Gasteiger partial charge in [-0.1, -0.05) is 31.5 Å². The number of nitrogens with zero attached hydrogens (tertiary/aromatic N) is 9. The molecule has 16 nitrogen and oxygen atoms in total. The molecule has 3 aromatic heterocycles. The maximum Gasteiger partial charge on any atom is 0.234 e. The zero-order valence-corrected chi connectivity index (χ0v) is 45.9. The Morgan fingerprint density at radius 3 is 2.10 bits per heavy atom. The van der Waals surface area contributed by atoms with E-state index in [1.54, 1.807) is 6.20 Å². The van der Waals surface area contributed by atoms with Crippen LogP contribution in [-0.2, 0) is 29.4 Å². The molecule has 8 heterocycles. The van der Waals surface area contributed by atoms with Crippen LogP contribution in [0.5, 0.6) is 0 Å². The van der Waals surface area contributed by atoms with Crippen LogP contribution in [0.25, 0.3) is 22.3 Å². The lowest BCUT2D eigenvalue weighted by Gasteiger charge is -2.49. The number of carbonyl (C=O) groups is 5. The molecule has 8 aliphatic rings. The first-order valence-electron chi connectivity index (χ1n) is 29.7. The second-order valence-corrected chi connectivity index (χ2v) is 25.2.